The van der Waals surface area contributed by atoms with E-state index in [1.807, 2.05) is 18.0 Å². The average molecular weight is 175 g/mol. The molecule has 66 valence electrons. The van der Waals surface area contributed by atoms with E-state index in [0.29, 0.717) is 17.9 Å². The van der Waals surface area contributed by atoms with Crippen LogP contribution in [0.25, 0.3) is 0 Å². The number of pyridine rings is 1. The van der Waals surface area contributed by atoms with Crippen molar-refractivity contribution >= 4 is 5.82 Å². The molecule has 0 saturated carbocycles. The Morgan fingerprint density at radius 3 is 3.31 bits per heavy atom. The van der Waals surface area contributed by atoms with Gasteiger partial charge < -0.3 is 9.64 Å². The number of ether oxygens (including phenoxy) is 1. The van der Waals surface area contributed by atoms with Gasteiger partial charge in [0.25, 0.3) is 0 Å². The Hall–Kier alpha value is -1.76. The second-order valence-corrected chi connectivity index (χ2v) is 2.93. The number of nitrogens with zero attached hydrogens (tertiary/aromatic N) is 3. The van der Waals surface area contributed by atoms with Gasteiger partial charge in [0, 0.05) is 19.3 Å². The maximum Gasteiger partial charge on any atom is 0.171 e. The monoisotopic (exact) mass is 175 g/mol. The maximum absolute atomic E-state index is 8.65. The molecule has 0 fully saturated rings. The molecule has 1 aromatic heterocycles. The summed E-state index contributed by atoms with van der Waals surface area (Å²) in [5.74, 6) is 1.51. The van der Waals surface area contributed by atoms with Crippen LogP contribution in [0.3, 0.4) is 0 Å². The highest BCUT2D eigenvalue weighted by Crippen LogP contribution is 2.28. The van der Waals surface area contributed by atoms with E-state index < -0.39 is 0 Å². The van der Waals surface area contributed by atoms with Gasteiger partial charge in [-0.25, -0.2) is 4.98 Å². The Balaban J connectivity index is 2.47. The van der Waals surface area contributed by atoms with Crippen LogP contribution in [0.4, 0.5) is 5.82 Å². The third kappa shape index (κ3) is 1.29. The molecule has 0 aromatic carbocycles. The lowest BCUT2D eigenvalue weighted by Gasteiger charge is -2.26. The fourth-order valence-corrected chi connectivity index (χ4v) is 1.29. The molecule has 0 unspecified atom stereocenters. The number of likely N-dealkylation sites (N-methyl/N-ethyl adjacent to an activating group) is 1. The predicted molar refractivity (Wildman–Crippen MR) is 47.7 cm³/mol. The molecular weight excluding hydrogens is 166 g/mol. The first kappa shape index (κ1) is 7.87. The van der Waals surface area contributed by atoms with Gasteiger partial charge in [0.1, 0.15) is 12.7 Å². The molecule has 4 heteroatoms. The molecule has 0 amide bonds. The van der Waals surface area contributed by atoms with E-state index in [1.54, 1.807) is 12.3 Å². The summed E-state index contributed by atoms with van der Waals surface area (Å²) in [7, 11) is 1.96. The van der Waals surface area contributed by atoms with Crippen molar-refractivity contribution in [3.63, 3.8) is 0 Å². The first-order valence-corrected chi connectivity index (χ1v) is 4.05. The first-order chi connectivity index (χ1) is 6.31. The van der Waals surface area contributed by atoms with Crippen molar-refractivity contribution < 1.29 is 4.74 Å². The first-order valence-electron chi connectivity index (χ1n) is 4.05. The summed E-state index contributed by atoms with van der Waals surface area (Å²) in [4.78, 5) is 6.16. The molecule has 1 aliphatic heterocycles. The maximum atomic E-state index is 8.65. The lowest BCUT2D eigenvalue weighted by molar-refractivity contribution is 0.309. The van der Waals surface area contributed by atoms with E-state index in [0.717, 1.165) is 12.4 Å². The van der Waals surface area contributed by atoms with Crippen molar-refractivity contribution in [1.82, 2.24) is 4.98 Å². The third-order valence-electron chi connectivity index (χ3n) is 2.01. The van der Waals surface area contributed by atoms with Crippen molar-refractivity contribution in [3.05, 3.63) is 17.8 Å². The third-order valence-corrected chi connectivity index (χ3v) is 2.01. The lowest BCUT2D eigenvalue weighted by Crippen LogP contribution is -2.29. The van der Waals surface area contributed by atoms with E-state index in [1.165, 1.54) is 0 Å². The molecule has 1 aromatic rings. The Morgan fingerprint density at radius 1 is 1.69 bits per heavy atom. The van der Waals surface area contributed by atoms with Crippen LogP contribution in [-0.4, -0.2) is 25.2 Å². The Bertz CT molecular complexity index is 370. The minimum Gasteiger partial charge on any atom is -0.488 e. The molecule has 0 saturated heterocycles. The van der Waals surface area contributed by atoms with Crippen LogP contribution in [0.1, 0.15) is 5.56 Å². The van der Waals surface area contributed by atoms with Crippen LogP contribution in [0.5, 0.6) is 5.75 Å². The van der Waals surface area contributed by atoms with Gasteiger partial charge in [0.05, 0.1) is 12.1 Å². The van der Waals surface area contributed by atoms with Gasteiger partial charge >= 0.3 is 0 Å². The molecule has 2 rings (SSSR count). The van der Waals surface area contributed by atoms with Gasteiger partial charge in [-0.2, -0.15) is 5.26 Å². The quantitative estimate of drug-likeness (QED) is 0.584. The van der Waals surface area contributed by atoms with Crippen molar-refractivity contribution in [2.45, 2.75) is 0 Å². The van der Waals surface area contributed by atoms with Crippen LogP contribution in [0, 0.1) is 11.3 Å². The number of hydrogen-bond acceptors (Lipinski definition) is 4. The summed E-state index contributed by atoms with van der Waals surface area (Å²) in [5.41, 5.74) is 0.536. The number of aromatic nitrogens is 1. The SMILES string of the molecule is CN1CCOc2cc(C#N)cnc21. The zero-order chi connectivity index (χ0) is 9.26. The second kappa shape index (κ2) is 2.94. The van der Waals surface area contributed by atoms with Gasteiger partial charge in [-0.3, -0.25) is 0 Å². The summed E-state index contributed by atoms with van der Waals surface area (Å²) < 4.78 is 5.38. The smallest absolute Gasteiger partial charge is 0.171 e. The summed E-state index contributed by atoms with van der Waals surface area (Å²) in [5, 5.41) is 8.65. The van der Waals surface area contributed by atoms with Crippen LogP contribution in [0.15, 0.2) is 12.3 Å². The van der Waals surface area contributed by atoms with Crippen LogP contribution >= 0.6 is 0 Å². The molecule has 2 heterocycles. The zero-order valence-corrected chi connectivity index (χ0v) is 7.32. The number of fused-ring (bicyclic) bond motifs is 1. The number of nitriles is 1. The highest BCUT2D eigenvalue weighted by Gasteiger charge is 2.16. The molecule has 0 bridgehead atoms. The van der Waals surface area contributed by atoms with Crippen molar-refractivity contribution in [2.75, 3.05) is 25.1 Å². The molecule has 0 N–H and O–H groups in total. The van der Waals surface area contributed by atoms with Crippen LogP contribution in [-0.2, 0) is 0 Å². The largest absolute Gasteiger partial charge is 0.488 e. The Morgan fingerprint density at radius 2 is 2.54 bits per heavy atom. The zero-order valence-electron chi connectivity index (χ0n) is 7.32. The van der Waals surface area contributed by atoms with E-state index >= 15 is 0 Å². The molecule has 0 radical (unpaired) electrons. The molecule has 0 atom stereocenters. The van der Waals surface area contributed by atoms with Crippen LogP contribution in [0.2, 0.25) is 0 Å². The lowest BCUT2D eigenvalue weighted by atomic mass is 10.2. The summed E-state index contributed by atoms with van der Waals surface area (Å²) in [6, 6.07) is 3.75. The van der Waals surface area contributed by atoms with Gasteiger partial charge in [0.15, 0.2) is 11.6 Å². The standard InChI is InChI=1S/C9H9N3O/c1-12-2-3-13-8-4-7(5-10)6-11-9(8)12/h4,6H,2-3H2,1H3. The summed E-state index contributed by atoms with van der Waals surface area (Å²) in [6.45, 7) is 1.49. The normalized spacial score (nSPS) is 14.3. The number of anilines is 1. The number of rotatable bonds is 0. The van der Waals surface area contributed by atoms with Crippen molar-refractivity contribution in [1.29, 1.82) is 5.26 Å². The number of hydrogen-bond donors (Lipinski definition) is 0. The Labute approximate surface area is 76.4 Å². The van der Waals surface area contributed by atoms with Gasteiger partial charge in [-0.15, -0.1) is 0 Å². The molecule has 1 aliphatic rings. The van der Waals surface area contributed by atoms with E-state index in [9.17, 15) is 0 Å². The molecular formula is C9H9N3O. The molecule has 0 aliphatic carbocycles. The average Bonchev–Trinajstić information content (AvgIpc) is 2.18. The van der Waals surface area contributed by atoms with E-state index in [4.69, 9.17) is 10.00 Å². The molecule has 4 nitrogen and oxygen atoms in total. The Kier molecular flexibility index (Phi) is 1.78. The minimum atomic E-state index is 0.536. The van der Waals surface area contributed by atoms with Gasteiger partial charge in [0.2, 0.25) is 0 Å². The summed E-state index contributed by atoms with van der Waals surface area (Å²) in [6.07, 6.45) is 1.56. The van der Waals surface area contributed by atoms with E-state index in [-0.39, 0.29) is 0 Å². The second-order valence-electron chi connectivity index (χ2n) is 2.93. The highest BCUT2D eigenvalue weighted by atomic mass is 16.5. The fraction of sp³-hybridized carbons (Fsp3) is 0.333. The predicted octanol–water partition coefficient (Wildman–Crippen LogP) is 0.782. The van der Waals surface area contributed by atoms with Gasteiger partial charge in [-0.05, 0) is 0 Å². The van der Waals surface area contributed by atoms with Crippen LogP contribution < -0.4 is 9.64 Å². The molecule has 13 heavy (non-hydrogen) atoms. The molecule has 0 spiro atoms. The van der Waals surface area contributed by atoms with Gasteiger partial charge in [-0.1, -0.05) is 0 Å². The van der Waals surface area contributed by atoms with Crippen molar-refractivity contribution in [2.24, 2.45) is 0 Å². The minimum absolute atomic E-state index is 0.536. The van der Waals surface area contributed by atoms with E-state index in [2.05, 4.69) is 4.98 Å². The van der Waals surface area contributed by atoms with Crippen molar-refractivity contribution in [3.8, 4) is 11.8 Å². The fourth-order valence-electron chi connectivity index (χ4n) is 1.29. The summed E-state index contributed by atoms with van der Waals surface area (Å²) >= 11 is 0. The topological polar surface area (TPSA) is 49.1 Å². The highest BCUT2D eigenvalue weighted by molar-refractivity contribution is 5.55.